The summed E-state index contributed by atoms with van der Waals surface area (Å²) in [5, 5.41) is 4.41. The van der Waals surface area contributed by atoms with Gasteiger partial charge in [0.15, 0.2) is 0 Å². The number of hydrogen-bond donors (Lipinski definition) is 1. The lowest BCUT2D eigenvalue weighted by molar-refractivity contribution is 0.0953. The molecule has 1 amide bonds. The Morgan fingerprint density at radius 3 is 2.62 bits per heavy atom. The third-order valence-corrected chi connectivity index (χ3v) is 4.12. The Bertz CT molecular complexity index is 991. The molecule has 0 aliphatic rings. The number of amides is 1. The van der Waals surface area contributed by atoms with Crippen molar-refractivity contribution in [1.29, 1.82) is 0 Å². The molecular weight excluding hydrogens is 370 g/mol. The van der Waals surface area contributed by atoms with Gasteiger partial charge >= 0.3 is 0 Å². The fraction of sp³-hybridized carbons (Fsp3) is 0.0556. The molecule has 1 N–H and O–H groups in total. The van der Waals surface area contributed by atoms with Gasteiger partial charge in [-0.2, -0.15) is 5.10 Å². The average Bonchev–Trinajstić information content (AvgIpc) is 2.60. The van der Waals surface area contributed by atoms with Gasteiger partial charge in [-0.3, -0.25) is 9.59 Å². The molecule has 3 aromatic rings. The van der Waals surface area contributed by atoms with Gasteiger partial charge in [-0.1, -0.05) is 40.2 Å². The highest BCUT2D eigenvalue weighted by Gasteiger charge is 2.13. The number of benzene rings is 2. The number of rotatable bonds is 3. The molecule has 0 saturated heterocycles. The summed E-state index contributed by atoms with van der Waals surface area (Å²) >= 11 is 3.35. The Morgan fingerprint density at radius 2 is 1.88 bits per heavy atom. The van der Waals surface area contributed by atoms with Gasteiger partial charge in [0.1, 0.15) is 5.56 Å². The zero-order valence-corrected chi connectivity index (χ0v) is 14.4. The SMILES string of the molecule is Cn1cc(C(=O)NN=Cc2ccc(Br)cc2)c(=O)c2ccccc21. The lowest BCUT2D eigenvalue weighted by Gasteiger charge is -2.07. The molecule has 0 aliphatic heterocycles. The number of halogens is 1. The van der Waals surface area contributed by atoms with Gasteiger partial charge < -0.3 is 4.57 Å². The van der Waals surface area contributed by atoms with Crippen LogP contribution < -0.4 is 10.9 Å². The molecule has 1 heterocycles. The highest BCUT2D eigenvalue weighted by Crippen LogP contribution is 2.10. The Balaban J connectivity index is 1.85. The monoisotopic (exact) mass is 383 g/mol. The van der Waals surface area contributed by atoms with E-state index in [-0.39, 0.29) is 11.0 Å². The van der Waals surface area contributed by atoms with Gasteiger partial charge in [-0.25, -0.2) is 5.43 Å². The van der Waals surface area contributed by atoms with Crippen LogP contribution in [0.4, 0.5) is 0 Å². The molecule has 120 valence electrons. The van der Waals surface area contributed by atoms with E-state index >= 15 is 0 Å². The zero-order valence-electron chi connectivity index (χ0n) is 12.9. The predicted octanol–water partition coefficient (Wildman–Crippen LogP) is 3.06. The molecule has 0 radical (unpaired) electrons. The molecule has 0 spiro atoms. The Kier molecular flexibility index (Phi) is 4.57. The fourth-order valence-electron chi connectivity index (χ4n) is 2.38. The number of nitrogens with one attached hydrogen (secondary N) is 1. The van der Waals surface area contributed by atoms with Crippen LogP contribution in [0.15, 0.2) is 69.1 Å². The Morgan fingerprint density at radius 1 is 1.17 bits per heavy atom. The summed E-state index contributed by atoms with van der Waals surface area (Å²) in [6, 6.07) is 14.6. The van der Waals surface area contributed by atoms with E-state index in [0.29, 0.717) is 5.39 Å². The largest absolute Gasteiger partial charge is 0.350 e. The van der Waals surface area contributed by atoms with Crippen LogP contribution in [0.5, 0.6) is 0 Å². The minimum absolute atomic E-state index is 0.0594. The van der Waals surface area contributed by atoms with Gasteiger partial charge in [0.05, 0.1) is 11.7 Å². The quantitative estimate of drug-likeness (QED) is 0.557. The number of fused-ring (bicyclic) bond motifs is 1. The molecule has 0 unspecified atom stereocenters. The van der Waals surface area contributed by atoms with Crippen LogP contribution in [-0.2, 0) is 7.05 Å². The lowest BCUT2D eigenvalue weighted by atomic mass is 10.1. The van der Waals surface area contributed by atoms with Gasteiger partial charge in [-0.15, -0.1) is 0 Å². The van der Waals surface area contributed by atoms with Crippen LogP contribution in [0.1, 0.15) is 15.9 Å². The molecule has 0 fully saturated rings. The maximum Gasteiger partial charge on any atom is 0.276 e. The first kappa shape index (κ1) is 16.1. The van der Waals surface area contributed by atoms with Crippen LogP contribution >= 0.6 is 15.9 Å². The van der Waals surface area contributed by atoms with Crippen LogP contribution in [0.25, 0.3) is 10.9 Å². The second kappa shape index (κ2) is 6.80. The van der Waals surface area contributed by atoms with Crippen LogP contribution in [0.2, 0.25) is 0 Å². The minimum Gasteiger partial charge on any atom is -0.350 e. The van der Waals surface area contributed by atoms with E-state index in [2.05, 4.69) is 26.5 Å². The molecule has 5 nitrogen and oxygen atoms in total. The standard InChI is InChI=1S/C18H14BrN3O2/c1-22-11-15(17(23)14-4-2-3-5-16(14)22)18(24)21-20-10-12-6-8-13(19)9-7-12/h2-11H,1H3,(H,21,24). The van der Waals surface area contributed by atoms with Crippen molar-refractivity contribution in [3.63, 3.8) is 0 Å². The number of hydrazone groups is 1. The minimum atomic E-state index is -0.533. The number of hydrogen-bond acceptors (Lipinski definition) is 3. The van der Waals surface area contributed by atoms with Crippen molar-refractivity contribution >= 4 is 39.0 Å². The van der Waals surface area contributed by atoms with Gasteiger partial charge in [-0.05, 0) is 29.8 Å². The molecule has 0 bridgehead atoms. The van der Waals surface area contributed by atoms with E-state index in [9.17, 15) is 9.59 Å². The predicted molar refractivity (Wildman–Crippen MR) is 98.4 cm³/mol. The number of para-hydroxylation sites is 1. The second-order valence-electron chi connectivity index (χ2n) is 5.25. The molecular formula is C18H14BrN3O2. The van der Waals surface area contributed by atoms with E-state index in [1.54, 1.807) is 23.7 Å². The summed E-state index contributed by atoms with van der Waals surface area (Å²) in [6.07, 6.45) is 3.05. The van der Waals surface area contributed by atoms with E-state index in [0.717, 1.165) is 15.6 Å². The van der Waals surface area contributed by atoms with E-state index in [4.69, 9.17) is 0 Å². The molecule has 0 atom stereocenters. The molecule has 3 rings (SSSR count). The van der Waals surface area contributed by atoms with E-state index in [1.165, 1.54) is 12.4 Å². The summed E-state index contributed by atoms with van der Waals surface area (Å²) in [5.74, 6) is -0.533. The summed E-state index contributed by atoms with van der Waals surface area (Å²) in [4.78, 5) is 24.7. The lowest BCUT2D eigenvalue weighted by Crippen LogP contribution is -2.26. The van der Waals surface area contributed by atoms with Gasteiger partial charge in [0, 0.05) is 23.1 Å². The molecule has 24 heavy (non-hydrogen) atoms. The Hall–Kier alpha value is -2.73. The summed E-state index contributed by atoms with van der Waals surface area (Å²) in [6.45, 7) is 0. The summed E-state index contributed by atoms with van der Waals surface area (Å²) in [7, 11) is 1.80. The van der Waals surface area contributed by atoms with Crippen molar-refractivity contribution in [2.45, 2.75) is 0 Å². The maximum atomic E-state index is 12.5. The Labute approximate surface area is 146 Å². The van der Waals surface area contributed by atoms with E-state index in [1.807, 2.05) is 36.4 Å². The second-order valence-corrected chi connectivity index (χ2v) is 6.17. The molecule has 1 aromatic heterocycles. The number of pyridine rings is 1. The van der Waals surface area contributed by atoms with Crippen molar-refractivity contribution in [3.05, 3.63) is 80.6 Å². The van der Waals surface area contributed by atoms with Crippen LogP contribution in [0, 0.1) is 0 Å². The third kappa shape index (κ3) is 3.28. The van der Waals surface area contributed by atoms with E-state index < -0.39 is 5.91 Å². The highest BCUT2D eigenvalue weighted by atomic mass is 79.9. The molecule has 0 aliphatic carbocycles. The smallest absolute Gasteiger partial charge is 0.276 e. The van der Waals surface area contributed by atoms with Crippen molar-refractivity contribution in [2.75, 3.05) is 0 Å². The first-order chi connectivity index (χ1) is 11.6. The number of carbonyl (C=O) groups excluding carboxylic acids is 1. The maximum absolute atomic E-state index is 12.5. The molecule has 0 saturated carbocycles. The van der Waals surface area contributed by atoms with Crippen LogP contribution in [-0.4, -0.2) is 16.7 Å². The number of aryl methyl sites for hydroxylation is 1. The topological polar surface area (TPSA) is 63.5 Å². The highest BCUT2D eigenvalue weighted by molar-refractivity contribution is 9.10. The zero-order chi connectivity index (χ0) is 17.1. The van der Waals surface area contributed by atoms with Gasteiger partial charge in [0.25, 0.3) is 5.91 Å². The number of carbonyl (C=O) groups is 1. The first-order valence-corrected chi connectivity index (χ1v) is 8.03. The normalized spacial score (nSPS) is 11.1. The van der Waals surface area contributed by atoms with Crippen molar-refractivity contribution in [2.24, 2.45) is 12.1 Å². The molecule has 6 heteroatoms. The molecule has 2 aromatic carbocycles. The summed E-state index contributed by atoms with van der Waals surface area (Å²) in [5.41, 5.74) is 3.77. The fourth-order valence-corrected chi connectivity index (χ4v) is 2.64. The van der Waals surface area contributed by atoms with Crippen LogP contribution in [0.3, 0.4) is 0 Å². The first-order valence-electron chi connectivity index (χ1n) is 7.23. The third-order valence-electron chi connectivity index (χ3n) is 3.59. The van der Waals surface area contributed by atoms with Crippen molar-refractivity contribution in [1.82, 2.24) is 9.99 Å². The summed E-state index contributed by atoms with van der Waals surface area (Å²) < 4.78 is 2.72. The van der Waals surface area contributed by atoms with Crippen molar-refractivity contribution < 1.29 is 4.79 Å². The van der Waals surface area contributed by atoms with Crippen molar-refractivity contribution in [3.8, 4) is 0 Å². The number of nitrogens with zero attached hydrogens (tertiary/aromatic N) is 2. The average molecular weight is 384 g/mol. The van der Waals surface area contributed by atoms with Gasteiger partial charge in [0.2, 0.25) is 5.43 Å². The number of aromatic nitrogens is 1.